The first-order chi connectivity index (χ1) is 26.1. The number of aliphatic hydroxyl groups excluding tert-OH is 2. The van der Waals surface area contributed by atoms with E-state index < -0.39 is 84.6 Å². The smallest absolute Gasteiger partial charge is 0.386 e. The molecule has 24 nitrogen and oxygen atoms in total. The van der Waals surface area contributed by atoms with E-state index in [1.54, 1.807) is 0 Å². The number of amides is 2. The number of anilines is 1. The predicted octanol–water partition coefficient (Wildman–Crippen LogP) is 0.635. The van der Waals surface area contributed by atoms with Crippen LogP contribution in [0.3, 0.4) is 0 Å². The molecule has 10 N–H and O–H groups in total. The zero-order valence-corrected chi connectivity index (χ0v) is 34.1. The van der Waals surface area contributed by atoms with Crippen molar-refractivity contribution in [3.05, 3.63) is 12.7 Å². The van der Waals surface area contributed by atoms with E-state index in [1.807, 2.05) is 0 Å². The van der Waals surface area contributed by atoms with Crippen LogP contribution in [0.5, 0.6) is 0 Å². The summed E-state index contributed by atoms with van der Waals surface area (Å²) in [6.07, 6.45) is -2.45. The quantitative estimate of drug-likeness (QED) is 0.0516. The van der Waals surface area contributed by atoms with Crippen LogP contribution < -0.4 is 16.4 Å². The van der Waals surface area contributed by atoms with Crippen LogP contribution in [0, 0.1) is 5.41 Å². The average Bonchev–Trinajstić information content (AvgIpc) is 3.66. The predicted molar refractivity (Wildman–Crippen MR) is 196 cm³/mol. The molecule has 0 bridgehead atoms. The summed E-state index contributed by atoms with van der Waals surface area (Å²) in [6, 6.07) is 0. The second-order valence-corrected chi connectivity index (χ2v) is 18.5. The standard InChI is InChI=1S/C28H48N7O17P3S/c1-4-5-6-7-8-19(37)56-12-11-30-18(36)9-10-31-26(40)23(39)28(2,3)14-49-55(46,47)52-54(44,45)48-13-17-22(51-53(41,42)43)21(38)27(50-17)35-16-34-20-24(29)32-15-33-25(20)35/h15-17,21-23,27,38-39H,4-14H2,1-3H3,(H,30,36)(H,31,40)(H,44,45)(H,46,47)(H2,29,32,33)(H2,41,42,43)/t17-,21?,22+,23-,27-/m1/s1. The monoisotopic (exact) mass is 879 g/mol. The molecule has 7 atom stereocenters. The Morgan fingerprint density at radius 1 is 1.02 bits per heavy atom. The lowest BCUT2D eigenvalue weighted by molar-refractivity contribution is -0.137. The van der Waals surface area contributed by atoms with Crippen LogP contribution in [0.2, 0.25) is 0 Å². The van der Waals surface area contributed by atoms with Gasteiger partial charge in [-0.3, -0.25) is 32.5 Å². The van der Waals surface area contributed by atoms with Crippen LogP contribution in [0.1, 0.15) is 65.5 Å². The molecule has 28 heteroatoms. The lowest BCUT2D eigenvalue weighted by Gasteiger charge is -2.30. The number of carbonyl (C=O) groups is 3. The van der Waals surface area contributed by atoms with Crippen molar-refractivity contribution in [1.29, 1.82) is 0 Å². The SMILES string of the molecule is CCCCCCC(=O)SCCNC(=O)CCNC(=O)[C@@H](O)C(C)(C)COP(=O)(O)OP(=O)(O)OC[C@H]1O[C@@H](n2cnc3c(N)ncnc32)C(O)[C@H]1OP(=O)(O)O. The van der Waals surface area contributed by atoms with Crippen molar-refractivity contribution < 1.29 is 80.5 Å². The zero-order valence-electron chi connectivity index (χ0n) is 30.6. The number of unbranched alkanes of at least 4 members (excludes halogenated alkanes) is 3. The van der Waals surface area contributed by atoms with Crippen LogP contribution in [0.25, 0.3) is 11.2 Å². The van der Waals surface area contributed by atoms with Crippen molar-refractivity contribution >= 4 is 69.1 Å². The number of imidazole rings is 1. The number of hydrogen-bond acceptors (Lipinski definition) is 18. The number of aliphatic hydroxyl groups is 2. The molecule has 2 aromatic rings. The fourth-order valence-electron chi connectivity index (χ4n) is 5.06. The van der Waals surface area contributed by atoms with Gasteiger partial charge in [-0.2, -0.15) is 4.31 Å². The molecule has 318 valence electrons. The van der Waals surface area contributed by atoms with Gasteiger partial charge in [0.1, 0.15) is 36.3 Å². The highest BCUT2D eigenvalue weighted by Crippen LogP contribution is 2.61. The molecule has 0 aromatic carbocycles. The van der Waals surface area contributed by atoms with E-state index in [0.29, 0.717) is 12.2 Å². The Kier molecular flexibility index (Phi) is 18.0. The normalized spacial score (nSPS) is 21.7. The maximum absolute atomic E-state index is 12.7. The minimum absolute atomic E-state index is 0.0323. The second kappa shape index (κ2) is 21.0. The third-order valence-corrected chi connectivity index (χ3v) is 12.0. The molecule has 2 amide bonds. The molecule has 0 aliphatic carbocycles. The number of aromatic nitrogens is 4. The van der Waals surface area contributed by atoms with Gasteiger partial charge < -0.3 is 50.9 Å². The summed E-state index contributed by atoms with van der Waals surface area (Å²) in [4.78, 5) is 87.5. The van der Waals surface area contributed by atoms with E-state index in [2.05, 4.69) is 41.3 Å². The van der Waals surface area contributed by atoms with Gasteiger partial charge in [-0.1, -0.05) is 51.8 Å². The minimum atomic E-state index is -5.56. The first-order valence-corrected chi connectivity index (χ1v) is 22.6. The van der Waals surface area contributed by atoms with Crippen molar-refractivity contribution in [1.82, 2.24) is 30.2 Å². The van der Waals surface area contributed by atoms with Gasteiger partial charge in [0.05, 0.1) is 19.5 Å². The van der Waals surface area contributed by atoms with E-state index >= 15 is 0 Å². The number of nitrogens with two attached hydrogens (primary N) is 1. The van der Waals surface area contributed by atoms with Gasteiger partial charge >= 0.3 is 23.5 Å². The molecule has 0 radical (unpaired) electrons. The molecular formula is C28H48N7O17P3S. The van der Waals surface area contributed by atoms with Gasteiger partial charge in [-0.05, 0) is 6.42 Å². The second-order valence-electron chi connectivity index (χ2n) is 13.1. The molecule has 1 saturated heterocycles. The van der Waals surface area contributed by atoms with Crippen LogP contribution in [0.15, 0.2) is 12.7 Å². The summed E-state index contributed by atoms with van der Waals surface area (Å²) in [6.45, 7) is 2.64. The number of nitrogens with zero attached hydrogens (tertiary/aromatic N) is 4. The lowest BCUT2D eigenvalue weighted by atomic mass is 9.87. The van der Waals surface area contributed by atoms with Crippen LogP contribution >= 0.6 is 35.2 Å². The Morgan fingerprint density at radius 3 is 2.39 bits per heavy atom. The Morgan fingerprint density at radius 2 is 1.71 bits per heavy atom. The number of ether oxygens (including phenoxy) is 1. The van der Waals surface area contributed by atoms with E-state index in [9.17, 15) is 57.9 Å². The number of phosphoric acid groups is 3. The summed E-state index contributed by atoms with van der Waals surface area (Å²) in [5.41, 5.74) is 4.27. The highest BCUT2D eigenvalue weighted by molar-refractivity contribution is 8.13. The molecular weight excluding hydrogens is 831 g/mol. The largest absolute Gasteiger partial charge is 0.481 e. The van der Waals surface area contributed by atoms with E-state index in [4.69, 9.17) is 19.5 Å². The number of carbonyl (C=O) groups excluding carboxylic acids is 3. The van der Waals surface area contributed by atoms with Gasteiger partial charge in [-0.25, -0.2) is 28.6 Å². The van der Waals surface area contributed by atoms with Gasteiger partial charge in [0, 0.05) is 37.1 Å². The topological polar surface area (TPSA) is 364 Å². The number of phosphoric ester groups is 3. The molecule has 1 aliphatic heterocycles. The first kappa shape index (κ1) is 47.9. The van der Waals surface area contributed by atoms with Gasteiger partial charge in [-0.15, -0.1) is 0 Å². The zero-order chi connectivity index (χ0) is 41.9. The molecule has 0 saturated carbocycles. The number of fused-ring (bicyclic) bond motifs is 1. The summed E-state index contributed by atoms with van der Waals surface area (Å²) < 4.78 is 62.1. The third kappa shape index (κ3) is 15.1. The van der Waals surface area contributed by atoms with Crippen LogP contribution in [0.4, 0.5) is 5.82 Å². The minimum Gasteiger partial charge on any atom is -0.386 e. The summed E-state index contributed by atoms with van der Waals surface area (Å²) in [5, 5.41) is 26.4. The first-order valence-electron chi connectivity index (χ1n) is 17.1. The van der Waals surface area contributed by atoms with Gasteiger partial charge in [0.15, 0.2) is 22.8 Å². The molecule has 0 spiro atoms. The van der Waals surface area contributed by atoms with Crippen molar-refractivity contribution in [3.8, 4) is 0 Å². The molecule has 3 heterocycles. The number of nitrogen functional groups attached to an aromatic ring is 1. The van der Waals surface area contributed by atoms with Crippen molar-refractivity contribution in [2.75, 3.05) is 37.8 Å². The lowest BCUT2D eigenvalue weighted by Crippen LogP contribution is -2.46. The summed E-state index contributed by atoms with van der Waals surface area (Å²) in [5.74, 6) is -1.04. The Labute approximate surface area is 325 Å². The van der Waals surface area contributed by atoms with Crippen LogP contribution in [-0.4, -0.2) is 123 Å². The van der Waals surface area contributed by atoms with Crippen molar-refractivity contribution in [3.63, 3.8) is 0 Å². The molecule has 3 unspecified atom stereocenters. The highest BCUT2D eigenvalue weighted by Gasteiger charge is 2.50. The van der Waals surface area contributed by atoms with Gasteiger partial charge in [0.25, 0.3) is 0 Å². The van der Waals surface area contributed by atoms with Gasteiger partial charge in [0.2, 0.25) is 11.8 Å². The average molecular weight is 880 g/mol. The van der Waals surface area contributed by atoms with Crippen molar-refractivity contribution in [2.24, 2.45) is 5.41 Å². The highest BCUT2D eigenvalue weighted by atomic mass is 32.2. The maximum atomic E-state index is 12.7. The fourth-order valence-corrected chi connectivity index (χ4v) is 8.61. The Hall–Kier alpha value is -2.44. The molecule has 3 rings (SSSR count). The molecule has 56 heavy (non-hydrogen) atoms. The van der Waals surface area contributed by atoms with Crippen LogP contribution in [-0.2, 0) is 50.7 Å². The number of nitrogens with one attached hydrogen (secondary N) is 2. The molecule has 1 aliphatic rings. The summed E-state index contributed by atoms with van der Waals surface area (Å²) >= 11 is 1.13. The Bertz CT molecular complexity index is 1800. The molecule has 1 fully saturated rings. The summed E-state index contributed by atoms with van der Waals surface area (Å²) in [7, 11) is -16.4. The van der Waals surface area contributed by atoms with Crippen molar-refractivity contribution in [2.45, 2.75) is 89.9 Å². The van der Waals surface area contributed by atoms with E-state index in [0.717, 1.165) is 54.7 Å². The number of thioether (sulfide) groups is 1. The fraction of sp³-hybridized carbons (Fsp3) is 0.714. The number of rotatable bonds is 24. The van der Waals surface area contributed by atoms with E-state index in [1.165, 1.54) is 13.8 Å². The molecule has 2 aromatic heterocycles. The Balaban J connectivity index is 1.47. The number of hydrogen-bond donors (Lipinski definition) is 9. The van der Waals surface area contributed by atoms with E-state index in [-0.39, 0.29) is 41.6 Å². The third-order valence-electron chi connectivity index (χ3n) is 8.00. The maximum Gasteiger partial charge on any atom is 0.481 e.